The van der Waals surface area contributed by atoms with Gasteiger partial charge < -0.3 is 9.30 Å². The molecule has 0 saturated carbocycles. The minimum atomic E-state index is 0.130. The van der Waals surface area contributed by atoms with Crippen molar-refractivity contribution >= 4 is 21.4 Å². The second kappa shape index (κ2) is 4.03. The molecule has 3 rings (SSSR count). The van der Waals surface area contributed by atoms with Gasteiger partial charge in [0.1, 0.15) is 0 Å². The molecule has 4 heteroatoms. The largest absolute Gasteiger partial charge is 0.381 e. The average molecular weight is 235 g/mol. The van der Waals surface area contributed by atoms with Crippen LogP contribution in [-0.4, -0.2) is 17.8 Å². The van der Waals surface area contributed by atoms with E-state index in [1.165, 1.54) is 0 Å². The summed E-state index contributed by atoms with van der Waals surface area (Å²) in [7, 11) is 0. The van der Waals surface area contributed by atoms with E-state index in [0.717, 1.165) is 36.3 Å². The summed E-state index contributed by atoms with van der Waals surface area (Å²) >= 11 is 1.61. The molecule has 1 aliphatic rings. The molecule has 3 nitrogen and oxygen atoms in total. The van der Waals surface area contributed by atoms with E-state index < -0.39 is 0 Å². The van der Waals surface area contributed by atoms with E-state index in [-0.39, 0.29) is 5.56 Å². The summed E-state index contributed by atoms with van der Waals surface area (Å²) in [5.41, 5.74) is 0.130. The van der Waals surface area contributed by atoms with E-state index in [1.54, 1.807) is 11.3 Å². The molecule has 0 aromatic carbocycles. The number of thiophene rings is 1. The zero-order valence-corrected chi connectivity index (χ0v) is 9.70. The van der Waals surface area contributed by atoms with E-state index in [4.69, 9.17) is 4.74 Å². The zero-order valence-electron chi connectivity index (χ0n) is 8.89. The van der Waals surface area contributed by atoms with Crippen LogP contribution in [0.2, 0.25) is 0 Å². The van der Waals surface area contributed by atoms with Gasteiger partial charge in [-0.2, -0.15) is 0 Å². The van der Waals surface area contributed by atoms with Gasteiger partial charge >= 0.3 is 0 Å². The highest BCUT2D eigenvalue weighted by Gasteiger charge is 2.16. The smallest absolute Gasteiger partial charge is 0.259 e. The first kappa shape index (κ1) is 10.1. The highest BCUT2D eigenvalue weighted by Crippen LogP contribution is 2.18. The number of rotatable bonds is 2. The molecule has 1 fully saturated rings. The van der Waals surface area contributed by atoms with Gasteiger partial charge in [-0.1, -0.05) is 0 Å². The van der Waals surface area contributed by atoms with Gasteiger partial charge in [0.25, 0.3) is 5.56 Å². The number of fused-ring (bicyclic) bond motifs is 1. The number of hydrogen-bond acceptors (Lipinski definition) is 3. The monoisotopic (exact) mass is 235 g/mol. The third-order valence-electron chi connectivity index (χ3n) is 3.07. The molecule has 0 bridgehead atoms. The lowest BCUT2D eigenvalue weighted by atomic mass is 10.1. The van der Waals surface area contributed by atoms with Crippen LogP contribution in [0.25, 0.3) is 10.1 Å². The van der Waals surface area contributed by atoms with Gasteiger partial charge in [0.15, 0.2) is 0 Å². The molecule has 2 aromatic rings. The molecule has 0 unspecified atom stereocenters. The van der Waals surface area contributed by atoms with Gasteiger partial charge in [0.05, 0.1) is 12.0 Å². The Morgan fingerprint density at radius 3 is 3.25 bits per heavy atom. The third-order valence-corrected chi connectivity index (χ3v) is 3.95. The molecule has 0 spiro atoms. The van der Waals surface area contributed by atoms with Crippen LogP contribution in [0.5, 0.6) is 0 Å². The van der Waals surface area contributed by atoms with Crippen LogP contribution in [0.3, 0.4) is 0 Å². The number of ether oxygens (including phenoxy) is 1. The minimum absolute atomic E-state index is 0.130. The van der Waals surface area contributed by atoms with Crippen LogP contribution in [0.15, 0.2) is 28.5 Å². The van der Waals surface area contributed by atoms with Crippen molar-refractivity contribution in [2.45, 2.75) is 13.0 Å². The quantitative estimate of drug-likeness (QED) is 0.798. The molecule has 2 aromatic heterocycles. The van der Waals surface area contributed by atoms with E-state index in [2.05, 4.69) is 0 Å². The summed E-state index contributed by atoms with van der Waals surface area (Å²) in [6.07, 6.45) is 2.97. The molecule has 0 amide bonds. The van der Waals surface area contributed by atoms with Gasteiger partial charge in [-0.15, -0.1) is 11.3 Å². The average Bonchev–Trinajstić information content (AvgIpc) is 2.93. The first-order valence-corrected chi connectivity index (χ1v) is 6.37. The van der Waals surface area contributed by atoms with Gasteiger partial charge in [0.2, 0.25) is 0 Å². The lowest BCUT2D eigenvalue weighted by Gasteiger charge is -2.10. The van der Waals surface area contributed by atoms with Gasteiger partial charge in [-0.25, -0.2) is 0 Å². The van der Waals surface area contributed by atoms with E-state index in [0.29, 0.717) is 5.92 Å². The number of aromatic nitrogens is 1. The number of nitrogens with zero attached hydrogens (tertiary/aromatic N) is 1. The van der Waals surface area contributed by atoms with Crippen molar-refractivity contribution in [2.24, 2.45) is 5.92 Å². The molecule has 1 saturated heterocycles. The maximum Gasteiger partial charge on any atom is 0.259 e. The predicted molar refractivity (Wildman–Crippen MR) is 65.0 cm³/mol. The summed E-state index contributed by atoms with van der Waals surface area (Å²) in [6, 6.07) is 3.93. The summed E-state index contributed by atoms with van der Waals surface area (Å²) in [5, 5.41) is 2.81. The Morgan fingerprint density at radius 1 is 1.50 bits per heavy atom. The standard InChI is InChI=1S/C12H13NO2S/c14-12-10-3-6-16-11(10)1-4-13(12)7-9-2-5-15-8-9/h1,3-4,6,9H,2,5,7-8H2/t9-/m0/s1. The van der Waals surface area contributed by atoms with Crippen molar-refractivity contribution in [3.8, 4) is 0 Å². The molecular formula is C12H13NO2S. The molecule has 84 valence electrons. The Balaban J connectivity index is 1.96. The summed E-state index contributed by atoms with van der Waals surface area (Å²) in [5.74, 6) is 0.494. The topological polar surface area (TPSA) is 31.2 Å². The second-order valence-corrected chi connectivity index (χ2v) is 5.15. The van der Waals surface area contributed by atoms with E-state index in [9.17, 15) is 4.79 Å². The van der Waals surface area contributed by atoms with Gasteiger partial charge in [-0.05, 0) is 23.9 Å². The molecular weight excluding hydrogens is 222 g/mol. The third kappa shape index (κ3) is 1.68. The van der Waals surface area contributed by atoms with Crippen LogP contribution in [0.1, 0.15) is 6.42 Å². The van der Waals surface area contributed by atoms with Crippen LogP contribution < -0.4 is 5.56 Å². The Hall–Kier alpha value is -1.13. The van der Waals surface area contributed by atoms with Crippen molar-refractivity contribution in [1.29, 1.82) is 0 Å². The number of pyridine rings is 1. The first-order chi connectivity index (χ1) is 7.84. The van der Waals surface area contributed by atoms with Crippen LogP contribution >= 0.6 is 11.3 Å². The summed E-state index contributed by atoms with van der Waals surface area (Å²) < 4.78 is 8.22. The van der Waals surface area contributed by atoms with Gasteiger partial charge in [0, 0.05) is 30.0 Å². The molecule has 3 heterocycles. The van der Waals surface area contributed by atoms with Crippen molar-refractivity contribution in [2.75, 3.05) is 13.2 Å². The predicted octanol–water partition coefficient (Wildman–Crippen LogP) is 2.10. The highest BCUT2D eigenvalue weighted by atomic mass is 32.1. The van der Waals surface area contributed by atoms with E-state index >= 15 is 0 Å². The van der Waals surface area contributed by atoms with Crippen LogP contribution in [0.4, 0.5) is 0 Å². The lowest BCUT2D eigenvalue weighted by Crippen LogP contribution is -2.23. The number of hydrogen-bond donors (Lipinski definition) is 0. The minimum Gasteiger partial charge on any atom is -0.381 e. The SMILES string of the molecule is O=c1c2ccsc2ccn1C[C@@H]1CCOC1. The molecule has 1 atom stereocenters. The van der Waals surface area contributed by atoms with Crippen molar-refractivity contribution in [3.63, 3.8) is 0 Å². The van der Waals surface area contributed by atoms with Crippen molar-refractivity contribution in [3.05, 3.63) is 34.1 Å². The second-order valence-electron chi connectivity index (χ2n) is 4.20. The van der Waals surface area contributed by atoms with Crippen molar-refractivity contribution < 1.29 is 4.74 Å². The first-order valence-electron chi connectivity index (χ1n) is 5.49. The van der Waals surface area contributed by atoms with Crippen LogP contribution in [-0.2, 0) is 11.3 Å². The van der Waals surface area contributed by atoms with Crippen molar-refractivity contribution in [1.82, 2.24) is 4.57 Å². The van der Waals surface area contributed by atoms with Gasteiger partial charge in [-0.3, -0.25) is 4.79 Å². The fraction of sp³-hybridized carbons (Fsp3) is 0.417. The maximum atomic E-state index is 12.1. The Morgan fingerprint density at radius 2 is 2.44 bits per heavy atom. The summed E-state index contributed by atoms with van der Waals surface area (Å²) in [6.45, 7) is 2.40. The zero-order chi connectivity index (χ0) is 11.0. The van der Waals surface area contributed by atoms with E-state index in [1.807, 2.05) is 28.3 Å². The highest BCUT2D eigenvalue weighted by molar-refractivity contribution is 7.17. The maximum absolute atomic E-state index is 12.1. The molecule has 16 heavy (non-hydrogen) atoms. The molecule has 1 aliphatic heterocycles. The fourth-order valence-electron chi connectivity index (χ4n) is 2.16. The van der Waals surface area contributed by atoms with Crippen LogP contribution in [0, 0.1) is 5.92 Å². The lowest BCUT2D eigenvalue weighted by molar-refractivity contribution is 0.182. The molecule has 0 N–H and O–H groups in total. The Labute approximate surface area is 97.3 Å². The Bertz CT molecular complexity index is 551. The molecule has 0 radical (unpaired) electrons. The summed E-state index contributed by atoms with van der Waals surface area (Å²) in [4.78, 5) is 12.1. The molecule has 0 aliphatic carbocycles. The normalized spacial score (nSPS) is 20.6. The Kier molecular flexibility index (Phi) is 2.53. The fourth-order valence-corrected chi connectivity index (χ4v) is 2.93.